The first-order chi connectivity index (χ1) is 11.8. The van der Waals surface area contributed by atoms with E-state index in [1.54, 1.807) is 30.7 Å². The molecule has 122 valence electrons. The minimum Gasteiger partial charge on any atom is -0.360 e. The molecule has 1 aliphatic carbocycles. The molecule has 1 aliphatic rings. The van der Waals surface area contributed by atoms with Crippen molar-refractivity contribution in [3.63, 3.8) is 0 Å². The highest BCUT2D eigenvalue weighted by Crippen LogP contribution is 2.40. The lowest BCUT2D eigenvalue weighted by atomic mass is 10.3. The molecule has 0 aromatic carbocycles. The predicted octanol–water partition coefficient (Wildman–Crippen LogP) is 1.64. The van der Waals surface area contributed by atoms with Crippen LogP contribution in [0.1, 0.15) is 35.0 Å². The van der Waals surface area contributed by atoms with Crippen LogP contribution in [0.3, 0.4) is 0 Å². The van der Waals surface area contributed by atoms with Gasteiger partial charge in [-0.2, -0.15) is 0 Å². The minimum absolute atomic E-state index is 0.233. The lowest BCUT2D eigenvalue weighted by Gasteiger charge is -2.07. The topological polar surface area (TPSA) is 98.7 Å². The molecule has 3 aromatic rings. The molecule has 0 radical (unpaired) electrons. The third-order valence-corrected chi connectivity index (χ3v) is 3.86. The normalized spacial score (nSPS) is 13.8. The monoisotopic (exact) mass is 324 g/mol. The Morgan fingerprint density at radius 3 is 2.88 bits per heavy atom. The molecule has 0 saturated heterocycles. The van der Waals surface area contributed by atoms with Crippen LogP contribution in [0.2, 0.25) is 0 Å². The van der Waals surface area contributed by atoms with Crippen LogP contribution in [-0.4, -0.2) is 37.1 Å². The van der Waals surface area contributed by atoms with E-state index in [0.717, 1.165) is 18.6 Å². The SMILES string of the molecule is O=C(NCCn1ccnc1-c1ncccn1)c1cc(C2CC2)on1. The van der Waals surface area contributed by atoms with Gasteiger partial charge in [-0.15, -0.1) is 0 Å². The number of rotatable bonds is 6. The van der Waals surface area contributed by atoms with Crippen LogP contribution in [0.15, 0.2) is 41.4 Å². The molecule has 0 aliphatic heterocycles. The van der Waals surface area contributed by atoms with Crippen molar-refractivity contribution in [2.45, 2.75) is 25.3 Å². The summed E-state index contributed by atoms with van der Waals surface area (Å²) < 4.78 is 7.09. The fourth-order valence-corrected chi connectivity index (χ4v) is 2.45. The summed E-state index contributed by atoms with van der Waals surface area (Å²) in [5.74, 6) is 2.24. The van der Waals surface area contributed by atoms with Crippen LogP contribution in [0, 0.1) is 0 Å². The number of nitrogens with zero attached hydrogens (tertiary/aromatic N) is 5. The van der Waals surface area contributed by atoms with E-state index in [-0.39, 0.29) is 5.91 Å². The zero-order valence-electron chi connectivity index (χ0n) is 12.9. The predicted molar refractivity (Wildman–Crippen MR) is 84.1 cm³/mol. The fraction of sp³-hybridized carbons (Fsp3) is 0.312. The van der Waals surface area contributed by atoms with Crippen LogP contribution in [0.5, 0.6) is 0 Å². The maximum Gasteiger partial charge on any atom is 0.273 e. The van der Waals surface area contributed by atoms with Gasteiger partial charge in [0.05, 0.1) is 0 Å². The number of hydrogen-bond donors (Lipinski definition) is 1. The molecule has 0 spiro atoms. The average molecular weight is 324 g/mol. The molecule has 1 amide bonds. The van der Waals surface area contributed by atoms with Crippen molar-refractivity contribution < 1.29 is 9.32 Å². The summed E-state index contributed by atoms with van der Waals surface area (Å²) >= 11 is 0. The fourth-order valence-electron chi connectivity index (χ4n) is 2.45. The lowest BCUT2D eigenvalue weighted by molar-refractivity contribution is 0.0943. The van der Waals surface area contributed by atoms with Gasteiger partial charge in [0.2, 0.25) is 0 Å². The lowest BCUT2D eigenvalue weighted by Crippen LogP contribution is -2.27. The largest absolute Gasteiger partial charge is 0.360 e. The summed E-state index contributed by atoms with van der Waals surface area (Å²) in [6.45, 7) is 1.01. The number of hydrogen-bond acceptors (Lipinski definition) is 6. The van der Waals surface area contributed by atoms with Crippen LogP contribution < -0.4 is 5.32 Å². The second-order valence-electron chi connectivity index (χ2n) is 5.66. The number of aromatic nitrogens is 5. The van der Waals surface area contributed by atoms with Crippen molar-refractivity contribution in [2.24, 2.45) is 0 Å². The van der Waals surface area contributed by atoms with Crippen LogP contribution in [-0.2, 0) is 6.54 Å². The van der Waals surface area contributed by atoms with Gasteiger partial charge in [0.25, 0.3) is 5.91 Å². The first kappa shape index (κ1) is 14.6. The summed E-state index contributed by atoms with van der Waals surface area (Å²) in [6, 6.07) is 3.48. The summed E-state index contributed by atoms with van der Waals surface area (Å²) in [7, 11) is 0. The number of amides is 1. The van der Waals surface area contributed by atoms with Gasteiger partial charge in [0.15, 0.2) is 17.3 Å². The third-order valence-electron chi connectivity index (χ3n) is 3.86. The van der Waals surface area contributed by atoms with Gasteiger partial charge in [0, 0.05) is 49.9 Å². The number of nitrogens with one attached hydrogen (secondary N) is 1. The average Bonchev–Trinajstić information content (AvgIpc) is 3.16. The van der Waals surface area contributed by atoms with Gasteiger partial charge in [-0.3, -0.25) is 4.79 Å². The molecule has 8 heteroatoms. The van der Waals surface area contributed by atoms with E-state index in [4.69, 9.17) is 4.52 Å². The van der Waals surface area contributed by atoms with Crippen molar-refractivity contribution in [3.8, 4) is 11.6 Å². The molecule has 3 heterocycles. The Bertz CT molecular complexity index is 837. The summed E-state index contributed by atoms with van der Waals surface area (Å²) in [5.41, 5.74) is 0.328. The molecule has 1 N–H and O–H groups in total. The molecule has 24 heavy (non-hydrogen) atoms. The van der Waals surface area contributed by atoms with Crippen LogP contribution in [0.4, 0.5) is 0 Å². The molecular weight excluding hydrogens is 308 g/mol. The smallest absolute Gasteiger partial charge is 0.273 e. The van der Waals surface area contributed by atoms with Crippen molar-refractivity contribution >= 4 is 5.91 Å². The van der Waals surface area contributed by atoms with E-state index in [2.05, 4.69) is 25.4 Å². The van der Waals surface area contributed by atoms with Crippen molar-refractivity contribution in [2.75, 3.05) is 6.54 Å². The summed E-state index contributed by atoms with van der Waals surface area (Å²) in [6.07, 6.45) is 9.09. The number of imidazole rings is 1. The summed E-state index contributed by atoms with van der Waals surface area (Å²) in [4.78, 5) is 24.8. The van der Waals surface area contributed by atoms with E-state index < -0.39 is 0 Å². The highest BCUT2D eigenvalue weighted by atomic mass is 16.5. The van der Waals surface area contributed by atoms with Gasteiger partial charge >= 0.3 is 0 Å². The van der Waals surface area contributed by atoms with Crippen LogP contribution >= 0.6 is 0 Å². The second kappa shape index (κ2) is 6.23. The Labute approximate surface area is 137 Å². The molecule has 8 nitrogen and oxygen atoms in total. The molecule has 0 bridgehead atoms. The van der Waals surface area contributed by atoms with Crippen molar-refractivity contribution in [1.82, 2.24) is 30.0 Å². The molecule has 0 atom stereocenters. The molecule has 1 fully saturated rings. The van der Waals surface area contributed by atoms with E-state index in [9.17, 15) is 4.79 Å². The Morgan fingerprint density at radius 1 is 1.25 bits per heavy atom. The van der Waals surface area contributed by atoms with E-state index in [1.165, 1.54) is 0 Å². The Hall–Kier alpha value is -3.03. The Balaban J connectivity index is 1.35. The molecular formula is C16H16N6O2. The standard InChI is InChI=1S/C16H16N6O2/c23-16(12-10-13(24-21-12)11-2-3-11)20-7-9-22-8-6-19-15(22)14-17-4-1-5-18-14/h1,4-6,8,10-11H,2-3,7,9H2,(H,20,23). The number of carbonyl (C=O) groups is 1. The zero-order chi connectivity index (χ0) is 16.4. The maximum absolute atomic E-state index is 12.1. The maximum atomic E-state index is 12.1. The zero-order valence-corrected chi connectivity index (χ0v) is 12.9. The van der Waals surface area contributed by atoms with Gasteiger partial charge < -0.3 is 14.4 Å². The van der Waals surface area contributed by atoms with E-state index >= 15 is 0 Å². The quantitative estimate of drug-likeness (QED) is 0.740. The first-order valence-electron chi connectivity index (χ1n) is 7.84. The van der Waals surface area contributed by atoms with E-state index in [1.807, 2.05) is 10.8 Å². The molecule has 3 aromatic heterocycles. The van der Waals surface area contributed by atoms with Gasteiger partial charge in [0.1, 0.15) is 5.76 Å². The van der Waals surface area contributed by atoms with Gasteiger partial charge in [-0.1, -0.05) is 5.16 Å². The third kappa shape index (κ3) is 3.03. The number of carbonyl (C=O) groups excluding carboxylic acids is 1. The molecule has 0 unspecified atom stereocenters. The first-order valence-corrected chi connectivity index (χ1v) is 7.84. The van der Waals surface area contributed by atoms with Gasteiger partial charge in [-0.25, -0.2) is 15.0 Å². The highest BCUT2D eigenvalue weighted by Gasteiger charge is 2.28. The van der Waals surface area contributed by atoms with Crippen molar-refractivity contribution in [1.29, 1.82) is 0 Å². The summed E-state index contributed by atoms with van der Waals surface area (Å²) in [5, 5.41) is 6.67. The highest BCUT2D eigenvalue weighted by molar-refractivity contribution is 5.92. The van der Waals surface area contributed by atoms with Gasteiger partial charge in [-0.05, 0) is 18.9 Å². The second-order valence-corrected chi connectivity index (χ2v) is 5.66. The minimum atomic E-state index is -0.233. The van der Waals surface area contributed by atoms with Crippen LogP contribution in [0.25, 0.3) is 11.6 Å². The molecule has 1 saturated carbocycles. The van der Waals surface area contributed by atoms with Crippen molar-refractivity contribution in [3.05, 3.63) is 48.4 Å². The molecule has 4 rings (SSSR count). The Kier molecular flexibility index (Phi) is 3.78. The Morgan fingerprint density at radius 2 is 2.08 bits per heavy atom. The van der Waals surface area contributed by atoms with E-state index in [0.29, 0.717) is 36.4 Å².